The molecule has 1 rings (SSSR count). The number of hydrogen-bond donors (Lipinski definition) is 2. The number of para-hydroxylation sites is 1. The van der Waals surface area contributed by atoms with Crippen LogP contribution in [0.2, 0.25) is 0 Å². The molecule has 0 saturated heterocycles. The quantitative estimate of drug-likeness (QED) is 0.250. The fourth-order valence-corrected chi connectivity index (χ4v) is 1.72. The number of nitrogens with one attached hydrogen (secondary N) is 2. The van der Waals surface area contributed by atoms with Crippen LogP contribution in [0.25, 0.3) is 0 Å². The second kappa shape index (κ2) is 10.4. The first-order valence-electron chi connectivity index (χ1n) is 6.71. The van der Waals surface area contributed by atoms with Gasteiger partial charge in [-0.05, 0) is 12.3 Å². The van der Waals surface area contributed by atoms with E-state index in [2.05, 4.69) is 29.5 Å². The Kier molecular flexibility index (Phi) is 9.68. The third-order valence-electron chi connectivity index (χ3n) is 2.87. The van der Waals surface area contributed by atoms with Crippen molar-refractivity contribution in [3.8, 4) is 0 Å². The summed E-state index contributed by atoms with van der Waals surface area (Å²) >= 11 is 0. The topological polar surface area (TPSA) is 79.6 Å². The molecule has 21 heavy (non-hydrogen) atoms. The fourth-order valence-electron chi connectivity index (χ4n) is 1.72. The highest BCUT2D eigenvalue weighted by Crippen LogP contribution is 2.16. The number of hydrogen-bond acceptors (Lipinski definition) is 3. The Morgan fingerprint density at radius 2 is 2.00 bits per heavy atom. The first-order chi connectivity index (χ1) is 9.54. The molecule has 0 fully saturated rings. The second-order valence-electron chi connectivity index (χ2n) is 4.92. The van der Waals surface area contributed by atoms with Crippen LogP contribution in [0.15, 0.2) is 29.3 Å². The normalized spacial score (nSPS) is 11.0. The van der Waals surface area contributed by atoms with Gasteiger partial charge in [0.2, 0.25) is 0 Å². The Morgan fingerprint density at radius 3 is 2.57 bits per heavy atom. The Bertz CT molecular complexity index is 478. The number of nitro benzene ring substituents is 1. The molecule has 0 bridgehead atoms. The molecule has 0 aliphatic carbocycles. The van der Waals surface area contributed by atoms with E-state index in [-0.39, 0.29) is 34.6 Å². The molecular weight excluding hydrogens is 383 g/mol. The van der Waals surface area contributed by atoms with Crippen molar-refractivity contribution in [2.45, 2.75) is 26.8 Å². The van der Waals surface area contributed by atoms with Gasteiger partial charge in [0.1, 0.15) is 0 Å². The van der Waals surface area contributed by atoms with Crippen molar-refractivity contribution in [3.63, 3.8) is 0 Å². The van der Waals surface area contributed by atoms with Crippen molar-refractivity contribution in [2.75, 3.05) is 13.6 Å². The third kappa shape index (κ3) is 7.26. The average Bonchev–Trinajstić information content (AvgIpc) is 2.42. The minimum atomic E-state index is -0.369. The van der Waals surface area contributed by atoms with Crippen molar-refractivity contribution in [2.24, 2.45) is 10.9 Å². The van der Waals surface area contributed by atoms with Crippen LogP contribution in [-0.2, 0) is 6.54 Å². The van der Waals surface area contributed by atoms with Crippen molar-refractivity contribution in [1.29, 1.82) is 0 Å². The molecule has 7 heteroatoms. The maximum Gasteiger partial charge on any atom is 0.274 e. The molecule has 1 aromatic rings. The predicted octanol–water partition coefficient (Wildman–Crippen LogP) is 2.92. The number of nitro groups is 1. The van der Waals surface area contributed by atoms with E-state index >= 15 is 0 Å². The molecule has 0 unspecified atom stereocenters. The molecule has 0 aliphatic heterocycles. The summed E-state index contributed by atoms with van der Waals surface area (Å²) in [7, 11) is 1.68. The summed E-state index contributed by atoms with van der Waals surface area (Å²) in [6, 6.07) is 6.70. The van der Waals surface area contributed by atoms with Crippen LogP contribution in [0, 0.1) is 16.0 Å². The molecular formula is C14H23IN4O2. The van der Waals surface area contributed by atoms with Crippen LogP contribution in [0.4, 0.5) is 5.69 Å². The van der Waals surface area contributed by atoms with Crippen LogP contribution in [0.3, 0.4) is 0 Å². The maximum atomic E-state index is 10.9. The smallest absolute Gasteiger partial charge is 0.274 e. The average molecular weight is 406 g/mol. The van der Waals surface area contributed by atoms with E-state index in [0.29, 0.717) is 24.0 Å². The summed E-state index contributed by atoms with van der Waals surface area (Å²) in [4.78, 5) is 14.6. The van der Waals surface area contributed by atoms with E-state index in [1.807, 2.05) is 0 Å². The molecule has 0 atom stereocenters. The van der Waals surface area contributed by atoms with E-state index in [9.17, 15) is 10.1 Å². The molecule has 2 N–H and O–H groups in total. The SMILES string of the molecule is CN=C(NCCC(C)C)NCc1ccccc1[N+](=O)[O-].I. The monoisotopic (exact) mass is 406 g/mol. The van der Waals surface area contributed by atoms with Gasteiger partial charge in [-0.1, -0.05) is 32.0 Å². The number of aliphatic imine (C=N–C) groups is 1. The van der Waals surface area contributed by atoms with E-state index in [1.54, 1.807) is 25.2 Å². The molecule has 0 heterocycles. The Morgan fingerprint density at radius 1 is 1.33 bits per heavy atom. The van der Waals surface area contributed by atoms with Crippen LogP contribution in [-0.4, -0.2) is 24.5 Å². The molecule has 0 radical (unpaired) electrons. The van der Waals surface area contributed by atoms with E-state index in [0.717, 1.165) is 13.0 Å². The summed E-state index contributed by atoms with van der Waals surface area (Å²) in [5.41, 5.74) is 0.766. The second-order valence-corrected chi connectivity index (χ2v) is 4.92. The Labute approximate surface area is 142 Å². The number of nitrogens with zero attached hydrogens (tertiary/aromatic N) is 2. The number of rotatable bonds is 6. The molecule has 6 nitrogen and oxygen atoms in total. The zero-order chi connectivity index (χ0) is 15.0. The minimum absolute atomic E-state index is 0. The molecule has 0 saturated carbocycles. The van der Waals surface area contributed by atoms with Crippen molar-refractivity contribution in [3.05, 3.63) is 39.9 Å². The van der Waals surface area contributed by atoms with Crippen molar-refractivity contribution in [1.82, 2.24) is 10.6 Å². The lowest BCUT2D eigenvalue weighted by atomic mass is 10.1. The van der Waals surface area contributed by atoms with Gasteiger partial charge in [0.15, 0.2) is 5.96 Å². The van der Waals surface area contributed by atoms with Gasteiger partial charge in [0, 0.05) is 31.8 Å². The van der Waals surface area contributed by atoms with Crippen molar-refractivity contribution >= 4 is 35.6 Å². The molecule has 1 aromatic carbocycles. The van der Waals surface area contributed by atoms with Gasteiger partial charge in [0.25, 0.3) is 5.69 Å². The predicted molar refractivity (Wildman–Crippen MR) is 96.2 cm³/mol. The van der Waals surface area contributed by atoms with E-state index in [1.165, 1.54) is 6.07 Å². The van der Waals surface area contributed by atoms with E-state index < -0.39 is 0 Å². The third-order valence-corrected chi connectivity index (χ3v) is 2.87. The van der Waals surface area contributed by atoms with Crippen molar-refractivity contribution < 1.29 is 4.92 Å². The number of benzene rings is 1. The summed E-state index contributed by atoms with van der Waals surface area (Å²) in [5, 5.41) is 17.2. The van der Waals surface area contributed by atoms with Crippen LogP contribution >= 0.6 is 24.0 Å². The lowest BCUT2D eigenvalue weighted by Crippen LogP contribution is -2.37. The summed E-state index contributed by atoms with van der Waals surface area (Å²) < 4.78 is 0. The van der Waals surface area contributed by atoms with E-state index in [4.69, 9.17) is 0 Å². The minimum Gasteiger partial charge on any atom is -0.356 e. The van der Waals surface area contributed by atoms with Crippen LogP contribution < -0.4 is 10.6 Å². The summed E-state index contributed by atoms with van der Waals surface area (Å²) in [6.45, 7) is 5.52. The van der Waals surface area contributed by atoms with Crippen LogP contribution in [0.5, 0.6) is 0 Å². The standard InChI is InChI=1S/C14H22N4O2.HI/c1-11(2)8-9-16-14(15-3)17-10-12-6-4-5-7-13(12)18(19)20;/h4-7,11H,8-10H2,1-3H3,(H2,15,16,17);1H. The zero-order valence-electron chi connectivity index (χ0n) is 12.6. The number of halogens is 1. The van der Waals surface area contributed by atoms with Gasteiger partial charge in [-0.2, -0.15) is 0 Å². The summed E-state index contributed by atoms with van der Waals surface area (Å²) in [6.07, 6.45) is 1.05. The molecule has 118 valence electrons. The molecule has 0 aromatic heterocycles. The highest BCUT2D eigenvalue weighted by Gasteiger charge is 2.12. The van der Waals surface area contributed by atoms with Gasteiger partial charge in [-0.25, -0.2) is 0 Å². The molecule has 0 amide bonds. The Hall–Kier alpha value is -1.38. The highest BCUT2D eigenvalue weighted by molar-refractivity contribution is 14.0. The van der Waals surface area contributed by atoms with Gasteiger partial charge in [-0.15, -0.1) is 24.0 Å². The summed E-state index contributed by atoms with van der Waals surface area (Å²) in [5.74, 6) is 1.28. The molecule has 0 aliphatic rings. The van der Waals surface area contributed by atoms with Gasteiger partial charge >= 0.3 is 0 Å². The van der Waals surface area contributed by atoms with Crippen LogP contribution in [0.1, 0.15) is 25.8 Å². The zero-order valence-corrected chi connectivity index (χ0v) is 15.0. The largest absolute Gasteiger partial charge is 0.356 e. The highest BCUT2D eigenvalue weighted by atomic mass is 127. The van der Waals surface area contributed by atoms with Gasteiger partial charge in [0.05, 0.1) is 4.92 Å². The number of guanidine groups is 1. The maximum absolute atomic E-state index is 10.9. The first kappa shape index (κ1) is 19.6. The molecule has 0 spiro atoms. The lowest BCUT2D eigenvalue weighted by Gasteiger charge is -2.12. The Balaban J connectivity index is 0.00000400. The first-order valence-corrected chi connectivity index (χ1v) is 6.71. The van der Waals surface area contributed by atoms with Gasteiger partial charge < -0.3 is 10.6 Å². The van der Waals surface area contributed by atoms with Gasteiger partial charge in [-0.3, -0.25) is 15.1 Å². The lowest BCUT2D eigenvalue weighted by molar-refractivity contribution is -0.385. The fraction of sp³-hybridized carbons (Fsp3) is 0.500.